The molecule has 16 heavy (non-hydrogen) atoms. The molecule has 1 saturated carbocycles. The zero-order chi connectivity index (χ0) is 11.0. The van der Waals surface area contributed by atoms with Gasteiger partial charge in [-0.15, -0.1) is 5.10 Å². The standard InChI is InChI=1S/C9H10N6S/c10-6-3-4-11-8(5-6)16-9-12-13-14-15(9)7-1-2-7/h3-5,7H,1-2H2,(H2,10,11). The number of pyridine rings is 1. The molecule has 6 nitrogen and oxygen atoms in total. The third-order valence-corrected chi connectivity index (χ3v) is 3.19. The highest BCUT2D eigenvalue weighted by Crippen LogP contribution is 2.37. The summed E-state index contributed by atoms with van der Waals surface area (Å²) in [4.78, 5) is 4.21. The fourth-order valence-corrected chi connectivity index (χ4v) is 2.23. The molecule has 1 fully saturated rings. The lowest BCUT2D eigenvalue weighted by molar-refractivity contribution is 0.565. The highest BCUT2D eigenvalue weighted by atomic mass is 32.2. The average molecular weight is 234 g/mol. The molecule has 0 bridgehead atoms. The van der Waals surface area contributed by atoms with Crippen LogP contribution in [-0.4, -0.2) is 25.2 Å². The molecular weight excluding hydrogens is 224 g/mol. The van der Waals surface area contributed by atoms with Crippen LogP contribution in [0, 0.1) is 0 Å². The van der Waals surface area contributed by atoms with Crippen LogP contribution in [0.15, 0.2) is 28.5 Å². The lowest BCUT2D eigenvalue weighted by Crippen LogP contribution is -1.98. The number of hydrogen-bond acceptors (Lipinski definition) is 6. The Bertz CT molecular complexity index is 506. The highest BCUT2D eigenvalue weighted by molar-refractivity contribution is 7.99. The normalized spacial score (nSPS) is 15.2. The first-order valence-corrected chi connectivity index (χ1v) is 5.82. The minimum absolute atomic E-state index is 0.471. The maximum Gasteiger partial charge on any atom is 0.215 e. The number of nitrogens with two attached hydrogens (primary N) is 1. The molecule has 0 aliphatic heterocycles. The maximum atomic E-state index is 5.69. The third kappa shape index (κ3) is 1.85. The number of anilines is 1. The molecule has 1 aliphatic rings. The van der Waals surface area contributed by atoms with Gasteiger partial charge in [0.05, 0.1) is 6.04 Å². The fourth-order valence-electron chi connectivity index (χ4n) is 1.38. The largest absolute Gasteiger partial charge is 0.399 e. The molecule has 3 rings (SSSR count). The minimum atomic E-state index is 0.471. The van der Waals surface area contributed by atoms with Gasteiger partial charge in [0, 0.05) is 11.9 Å². The number of nitrogens with zero attached hydrogens (tertiary/aromatic N) is 5. The van der Waals surface area contributed by atoms with Crippen LogP contribution in [0.25, 0.3) is 0 Å². The smallest absolute Gasteiger partial charge is 0.215 e. The monoisotopic (exact) mass is 234 g/mol. The van der Waals surface area contributed by atoms with Crippen molar-refractivity contribution in [2.75, 3.05) is 5.73 Å². The lowest BCUT2D eigenvalue weighted by Gasteiger charge is -2.01. The molecule has 0 spiro atoms. The van der Waals surface area contributed by atoms with Crippen LogP contribution in [-0.2, 0) is 0 Å². The minimum Gasteiger partial charge on any atom is -0.399 e. The molecule has 0 amide bonds. The number of aromatic nitrogens is 5. The van der Waals surface area contributed by atoms with Crippen molar-refractivity contribution in [3.63, 3.8) is 0 Å². The van der Waals surface area contributed by atoms with Crippen molar-refractivity contribution in [2.45, 2.75) is 29.1 Å². The molecule has 2 heterocycles. The summed E-state index contributed by atoms with van der Waals surface area (Å²) in [7, 11) is 0. The van der Waals surface area contributed by atoms with Crippen LogP contribution in [0.2, 0.25) is 0 Å². The van der Waals surface area contributed by atoms with Gasteiger partial charge in [-0.3, -0.25) is 0 Å². The van der Waals surface area contributed by atoms with Crippen LogP contribution in [0.4, 0.5) is 5.69 Å². The Hall–Kier alpha value is -1.63. The van der Waals surface area contributed by atoms with Crippen LogP contribution >= 0.6 is 11.8 Å². The summed E-state index contributed by atoms with van der Waals surface area (Å²) in [5.41, 5.74) is 6.38. The summed E-state index contributed by atoms with van der Waals surface area (Å²) >= 11 is 1.44. The second kappa shape index (κ2) is 3.75. The lowest BCUT2D eigenvalue weighted by atomic mass is 10.4. The van der Waals surface area contributed by atoms with Crippen molar-refractivity contribution in [1.82, 2.24) is 25.2 Å². The Labute approximate surface area is 96.2 Å². The van der Waals surface area contributed by atoms with Gasteiger partial charge in [0.15, 0.2) is 0 Å². The van der Waals surface area contributed by atoms with E-state index in [4.69, 9.17) is 5.73 Å². The van der Waals surface area contributed by atoms with Gasteiger partial charge >= 0.3 is 0 Å². The Morgan fingerprint density at radius 2 is 2.31 bits per heavy atom. The zero-order valence-corrected chi connectivity index (χ0v) is 9.26. The van der Waals surface area contributed by atoms with Gasteiger partial charge in [-0.2, -0.15) is 0 Å². The van der Waals surface area contributed by atoms with E-state index in [9.17, 15) is 0 Å². The van der Waals surface area contributed by atoms with Gasteiger partial charge in [0.1, 0.15) is 5.03 Å². The van der Waals surface area contributed by atoms with Crippen molar-refractivity contribution in [2.24, 2.45) is 0 Å². The molecule has 0 radical (unpaired) electrons. The van der Waals surface area contributed by atoms with E-state index in [1.54, 1.807) is 12.3 Å². The third-order valence-electron chi connectivity index (χ3n) is 2.31. The zero-order valence-electron chi connectivity index (χ0n) is 8.45. The van der Waals surface area contributed by atoms with E-state index in [1.165, 1.54) is 11.8 Å². The van der Waals surface area contributed by atoms with Crippen molar-refractivity contribution in [1.29, 1.82) is 0 Å². The Morgan fingerprint density at radius 1 is 1.44 bits per heavy atom. The maximum absolute atomic E-state index is 5.69. The molecule has 0 atom stereocenters. The van der Waals surface area contributed by atoms with Crippen LogP contribution in [0.5, 0.6) is 0 Å². The molecule has 0 aromatic carbocycles. The summed E-state index contributed by atoms with van der Waals surface area (Å²) in [5, 5.41) is 13.2. The van der Waals surface area contributed by atoms with Gasteiger partial charge in [-0.25, -0.2) is 9.67 Å². The predicted molar refractivity (Wildman–Crippen MR) is 58.9 cm³/mol. The fraction of sp³-hybridized carbons (Fsp3) is 0.333. The molecule has 82 valence electrons. The first kappa shape index (κ1) is 9.59. The van der Waals surface area contributed by atoms with Crippen molar-refractivity contribution in [3.8, 4) is 0 Å². The van der Waals surface area contributed by atoms with E-state index in [0.29, 0.717) is 11.7 Å². The summed E-state index contributed by atoms with van der Waals surface area (Å²) in [6, 6.07) is 4.04. The first-order valence-electron chi connectivity index (χ1n) is 5.00. The van der Waals surface area contributed by atoms with Gasteiger partial charge in [0.25, 0.3) is 0 Å². The molecule has 7 heteroatoms. The van der Waals surface area contributed by atoms with E-state index in [-0.39, 0.29) is 0 Å². The second-order valence-electron chi connectivity index (χ2n) is 3.67. The quantitative estimate of drug-likeness (QED) is 0.857. The Morgan fingerprint density at radius 3 is 3.06 bits per heavy atom. The van der Waals surface area contributed by atoms with Crippen LogP contribution < -0.4 is 5.73 Å². The molecular formula is C9H10N6S. The van der Waals surface area contributed by atoms with Gasteiger partial charge < -0.3 is 5.73 Å². The summed E-state index contributed by atoms with van der Waals surface area (Å²) in [6.45, 7) is 0. The summed E-state index contributed by atoms with van der Waals surface area (Å²) in [6.07, 6.45) is 3.99. The predicted octanol–water partition coefficient (Wildman–Crippen LogP) is 1.14. The molecule has 2 aromatic rings. The average Bonchev–Trinajstić information content (AvgIpc) is 3.00. The van der Waals surface area contributed by atoms with Crippen LogP contribution in [0.1, 0.15) is 18.9 Å². The number of rotatable bonds is 3. The van der Waals surface area contributed by atoms with Gasteiger partial charge in [-0.1, -0.05) is 0 Å². The molecule has 0 saturated heterocycles. The van der Waals surface area contributed by atoms with E-state index < -0.39 is 0 Å². The van der Waals surface area contributed by atoms with Gasteiger partial charge in [0.2, 0.25) is 5.16 Å². The van der Waals surface area contributed by atoms with E-state index >= 15 is 0 Å². The summed E-state index contributed by atoms with van der Waals surface area (Å²) in [5.74, 6) is 0. The Kier molecular flexibility index (Phi) is 2.24. The second-order valence-corrected chi connectivity index (χ2v) is 4.65. The van der Waals surface area contributed by atoms with Crippen LogP contribution in [0.3, 0.4) is 0 Å². The van der Waals surface area contributed by atoms with Crippen molar-refractivity contribution in [3.05, 3.63) is 18.3 Å². The SMILES string of the molecule is Nc1ccnc(Sc2nnnn2C2CC2)c1. The summed E-state index contributed by atoms with van der Waals surface area (Å²) < 4.78 is 1.86. The number of tetrazole rings is 1. The molecule has 2 N–H and O–H groups in total. The first-order chi connectivity index (χ1) is 7.83. The molecule has 2 aromatic heterocycles. The topological polar surface area (TPSA) is 82.5 Å². The van der Waals surface area contributed by atoms with E-state index in [1.807, 2.05) is 10.7 Å². The number of nitrogen functional groups attached to an aromatic ring is 1. The molecule has 1 aliphatic carbocycles. The Balaban J connectivity index is 1.85. The van der Waals surface area contributed by atoms with E-state index in [0.717, 1.165) is 23.0 Å². The van der Waals surface area contributed by atoms with Gasteiger partial charge in [-0.05, 0) is 47.2 Å². The van der Waals surface area contributed by atoms with E-state index in [2.05, 4.69) is 20.5 Å². The van der Waals surface area contributed by atoms with Crippen molar-refractivity contribution >= 4 is 17.4 Å². The highest BCUT2D eigenvalue weighted by Gasteiger charge is 2.28. The molecule has 0 unspecified atom stereocenters. The number of hydrogen-bond donors (Lipinski definition) is 1. The van der Waals surface area contributed by atoms with Crippen molar-refractivity contribution < 1.29 is 0 Å².